The van der Waals surface area contributed by atoms with Crippen molar-refractivity contribution in [3.63, 3.8) is 0 Å². The van der Waals surface area contributed by atoms with Crippen LogP contribution in [0.2, 0.25) is 0 Å². The molecule has 100 valence electrons. The molecule has 0 saturated heterocycles. The van der Waals surface area contributed by atoms with Crippen molar-refractivity contribution in [2.75, 3.05) is 14.2 Å². The van der Waals surface area contributed by atoms with Crippen LogP contribution >= 0.6 is 0 Å². The number of ether oxygens (including phenoxy) is 2. The predicted molar refractivity (Wildman–Crippen MR) is 69.9 cm³/mol. The molecule has 0 unspecified atom stereocenters. The van der Waals surface area contributed by atoms with Crippen molar-refractivity contribution in [2.45, 2.75) is 13.3 Å². The lowest BCUT2D eigenvalue weighted by molar-refractivity contribution is 0.355. The fourth-order valence-corrected chi connectivity index (χ4v) is 1.84. The van der Waals surface area contributed by atoms with E-state index in [4.69, 9.17) is 9.47 Å². The van der Waals surface area contributed by atoms with Crippen LogP contribution < -0.4 is 9.47 Å². The minimum absolute atomic E-state index is 0.271. The van der Waals surface area contributed by atoms with Gasteiger partial charge in [-0.1, -0.05) is 6.92 Å². The molecule has 0 spiro atoms. The molecule has 5 heteroatoms. The van der Waals surface area contributed by atoms with Gasteiger partial charge >= 0.3 is 0 Å². The molecule has 0 aliphatic carbocycles. The van der Waals surface area contributed by atoms with Gasteiger partial charge in [0, 0.05) is 5.56 Å². The van der Waals surface area contributed by atoms with Crippen molar-refractivity contribution in [1.29, 1.82) is 0 Å². The van der Waals surface area contributed by atoms with E-state index in [-0.39, 0.29) is 5.69 Å². The highest BCUT2D eigenvalue weighted by Gasteiger charge is 2.14. The molecule has 4 nitrogen and oxygen atoms in total. The molecule has 0 aliphatic rings. The molecule has 2 aromatic rings. The quantitative estimate of drug-likeness (QED) is 0.849. The van der Waals surface area contributed by atoms with E-state index in [1.54, 1.807) is 25.3 Å². The second-order valence-electron chi connectivity index (χ2n) is 3.91. The monoisotopic (exact) mass is 262 g/mol. The van der Waals surface area contributed by atoms with Gasteiger partial charge in [-0.15, -0.1) is 0 Å². The largest absolute Gasteiger partial charge is 0.493 e. The Morgan fingerprint density at radius 2 is 1.84 bits per heavy atom. The number of aryl methyl sites for hydroxylation is 1. The first kappa shape index (κ1) is 13.3. The first-order valence-electron chi connectivity index (χ1n) is 5.93. The molecular weight excluding hydrogens is 247 g/mol. The molecule has 1 aromatic heterocycles. The highest BCUT2D eigenvalue weighted by Crippen LogP contribution is 2.32. The molecule has 1 aromatic carbocycles. The smallest absolute Gasteiger partial charge is 0.170 e. The lowest BCUT2D eigenvalue weighted by Crippen LogP contribution is -1.99. The number of rotatable bonds is 4. The van der Waals surface area contributed by atoms with Crippen LogP contribution in [0.3, 0.4) is 0 Å². The first-order chi connectivity index (χ1) is 9.21. The number of halogens is 1. The summed E-state index contributed by atoms with van der Waals surface area (Å²) in [5, 5.41) is 0. The maximum absolute atomic E-state index is 14.2. The molecule has 1 heterocycles. The summed E-state index contributed by atoms with van der Waals surface area (Å²) >= 11 is 0. The number of benzene rings is 1. The second-order valence-corrected chi connectivity index (χ2v) is 3.91. The zero-order valence-electron chi connectivity index (χ0n) is 11.1. The zero-order valence-corrected chi connectivity index (χ0v) is 11.1. The Morgan fingerprint density at radius 1 is 1.11 bits per heavy atom. The molecular formula is C14H15FN2O2. The van der Waals surface area contributed by atoms with E-state index in [1.165, 1.54) is 13.4 Å². The highest BCUT2D eigenvalue weighted by molar-refractivity contribution is 5.64. The minimum Gasteiger partial charge on any atom is -0.493 e. The molecule has 0 fully saturated rings. The Hall–Kier alpha value is -2.17. The van der Waals surface area contributed by atoms with Crippen LogP contribution in [-0.4, -0.2) is 24.2 Å². The summed E-state index contributed by atoms with van der Waals surface area (Å²) in [6, 6.07) is 5.16. The second kappa shape index (κ2) is 5.65. The van der Waals surface area contributed by atoms with Crippen LogP contribution in [0.1, 0.15) is 12.6 Å². The van der Waals surface area contributed by atoms with Crippen LogP contribution in [0.5, 0.6) is 11.5 Å². The molecule has 0 atom stereocenters. The number of hydrogen-bond acceptors (Lipinski definition) is 4. The van der Waals surface area contributed by atoms with E-state index in [0.717, 1.165) is 0 Å². The molecule has 0 radical (unpaired) electrons. The summed E-state index contributed by atoms with van der Waals surface area (Å²) in [5.74, 6) is 0.740. The van der Waals surface area contributed by atoms with Gasteiger partial charge in [-0.05, 0) is 24.6 Å². The van der Waals surface area contributed by atoms with Gasteiger partial charge in [0.15, 0.2) is 17.3 Å². The van der Waals surface area contributed by atoms with Crippen molar-refractivity contribution in [3.8, 4) is 22.8 Å². The number of hydrogen-bond donors (Lipinski definition) is 0. The van der Waals surface area contributed by atoms with Crippen molar-refractivity contribution in [1.82, 2.24) is 9.97 Å². The molecule has 0 bridgehead atoms. The number of methoxy groups -OCH3 is 2. The SMILES string of the molecule is CCc1ncnc(-c2ccc(OC)c(OC)c2)c1F. The lowest BCUT2D eigenvalue weighted by Gasteiger charge is -2.10. The van der Waals surface area contributed by atoms with Gasteiger partial charge < -0.3 is 9.47 Å². The maximum atomic E-state index is 14.2. The number of nitrogens with zero attached hydrogens (tertiary/aromatic N) is 2. The fraction of sp³-hybridized carbons (Fsp3) is 0.286. The first-order valence-corrected chi connectivity index (χ1v) is 5.93. The average Bonchev–Trinajstić information content (AvgIpc) is 2.46. The summed E-state index contributed by atoms with van der Waals surface area (Å²) in [6.07, 6.45) is 1.89. The number of aromatic nitrogens is 2. The molecule has 0 saturated carbocycles. The van der Waals surface area contributed by atoms with Crippen molar-refractivity contribution < 1.29 is 13.9 Å². The third kappa shape index (κ3) is 2.50. The molecule has 0 amide bonds. The summed E-state index contributed by atoms with van der Waals surface area (Å²) in [6.45, 7) is 1.85. The summed E-state index contributed by atoms with van der Waals surface area (Å²) < 4.78 is 24.5. The normalized spacial score (nSPS) is 10.3. The highest BCUT2D eigenvalue weighted by atomic mass is 19.1. The Bertz CT molecular complexity index is 588. The van der Waals surface area contributed by atoms with Gasteiger partial charge in [-0.3, -0.25) is 0 Å². The third-order valence-corrected chi connectivity index (χ3v) is 2.85. The summed E-state index contributed by atoms with van der Waals surface area (Å²) in [7, 11) is 3.09. The van der Waals surface area contributed by atoms with Crippen LogP contribution in [0.15, 0.2) is 24.5 Å². The molecule has 0 aliphatic heterocycles. The summed E-state index contributed by atoms with van der Waals surface area (Å²) in [5.41, 5.74) is 1.31. The van der Waals surface area contributed by atoms with Gasteiger partial charge in [0.2, 0.25) is 0 Å². The fourth-order valence-electron chi connectivity index (χ4n) is 1.84. The van der Waals surface area contributed by atoms with E-state index in [1.807, 2.05) is 6.92 Å². The topological polar surface area (TPSA) is 44.2 Å². The van der Waals surface area contributed by atoms with Gasteiger partial charge in [-0.25, -0.2) is 14.4 Å². The minimum atomic E-state index is -0.391. The van der Waals surface area contributed by atoms with Gasteiger partial charge in [0.05, 0.1) is 19.9 Å². The lowest BCUT2D eigenvalue weighted by atomic mass is 10.1. The van der Waals surface area contributed by atoms with Crippen LogP contribution in [0, 0.1) is 5.82 Å². The Kier molecular flexibility index (Phi) is 3.94. The maximum Gasteiger partial charge on any atom is 0.170 e. The van der Waals surface area contributed by atoms with Crippen LogP contribution in [-0.2, 0) is 6.42 Å². The van der Waals surface area contributed by atoms with E-state index in [9.17, 15) is 4.39 Å². The zero-order chi connectivity index (χ0) is 13.8. The van der Waals surface area contributed by atoms with Gasteiger partial charge in [0.25, 0.3) is 0 Å². The Balaban J connectivity index is 2.53. The average molecular weight is 262 g/mol. The van der Waals surface area contributed by atoms with E-state index in [2.05, 4.69) is 9.97 Å². The Labute approximate surface area is 111 Å². The van der Waals surface area contributed by atoms with Crippen molar-refractivity contribution >= 4 is 0 Å². The van der Waals surface area contributed by atoms with Crippen LogP contribution in [0.4, 0.5) is 4.39 Å². The molecule has 19 heavy (non-hydrogen) atoms. The molecule has 0 N–H and O–H groups in total. The third-order valence-electron chi connectivity index (χ3n) is 2.85. The van der Waals surface area contributed by atoms with E-state index >= 15 is 0 Å². The van der Waals surface area contributed by atoms with E-state index in [0.29, 0.717) is 29.2 Å². The molecule has 2 rings (SSSR count). The van der Waals surface area contributed by atoms with Crippen molar-refractivity contribution in [3.05, 3.63) is 36.0 Å². The van der Waals surface area contributed by atoms with Gasteiger partial charge in [0.1, 0.15) is 12.0 Å². The predicted octanol–water partition coefficient (Wildman–Crippen LogP) is 2.86. The van der Waals surface area contributed by atoms with Gasteiger partial charge in [-0.2, -0.15) is 0 Å². The summed E-state index contributed by atoms with van der Waals surface area (Å²) in [4.78, 5) is 7.92. The van der Waals surface area contributed by atoms with Crippen molar-refractivity contribution in [2.24, 2.45) is 0 Å². The standard InChI is InChI=1S/C14H15FN2O2/c1-4-10-13(15)14(17-8-16-10)9-5-6-11(18-2)12(7-9)19-3/h5-8H,4H2,1-3H3. The Morgan fingerprint density at radius 3 is 2.47 bits per heavy atom. The van der Waals surface area contributed by atoms with Crippen LogP contribution in [0.25, 0.3) is 11.3 Å². The van der Waals surface area contributed by atoms with E-state index < -0.39 is 5.82 Å².